The van der Waals surface area contributed by atoms with Gasteiger partial charge < -0.3 is 24.4 Å². The number of ether oxygens (including phenoxy) is 2. The Kier molecular flexibility index (Phi) is 7.11. The SMILES string of the molecule is C#Cc1c(F)ccc2cc(O)cc(-c3nc(OC)c4c(N5CC6CC7CC(C5)N76)nc(OCC5(CN6CCC(F)CC6)CC5)nc4c3F)c12. The Balaban J connectivity index is 1.16. The molecule has 9 rings (SSSR count). The van der Waals surface area contributed by atoms with Gasteiger partial charge in [0.25, 0.3) is 0 Å². The number of phenols is 1. The zero-order valence-corrected chi connectivity index (χ0v) is 27.3. The Bertz CT molecular complexity index is 2030. The van der Waals surface area contributed by atoms with E-state index in [0.29, 0.717) is 54.2 Å². The first-order valence-corrected chi connectivity index (χ1v) is 17.1. The number of benzene rings is 2. The average Bonchev–Trinajstić information content (AvgIpc) is 3.84. The molecule has 254 valence electrons. The zero-order valence-electron chi connectivity index (χ0n) is 27.3. The molecule has 9 nitrogen and oxygen atoms in total. The van der Waals surface area contributed by atoms with Crippen LogP contribution in [-0.4, -0.2) is 101 Å². The van der Waals surface area contributed by atoms with Crippen molar-refractivity contribution in [3.8, 4) is 41.2 Å². The first-order valence-electron chi connectivity index (χ1n) is 17.1. The molecule has 12 heteroatoms. The van der Waals surface area contributed by atoms with Crippen molar-refractivity contribution in [1.29, 1.82) is 0 Å². The van der Waals surface area contributed by atoms with Crippen LogP contribution in [-0.2, 0) is 0 Å². The molecule has 2 atom stereocenters. The normalized spacial score (nSPS) is 24.6. The van der Waals surface area contributed by atoms with E-state index < -0.39 is 17.8 Å². The van der Waals surface area contributed by atoms with E-state index in [9.17, 15) is 13.9 Å². The molecule has 2 aromatic heterocycles. The summed E-state index contributed by atoms with van der Waals surface area (Å²) in [7, 11) is 1.45. The number of terminal acetylenes is 1. The molecular weight excluding hydrogens is 633 g/mol. The summed E-state index contributed by atoms with van der Waals surface area (Å²) >= 11 is 0. The van der Waals surface area contributed by atoms with Gasteiger partial charge in [0.05, 0.1) is 19.3 Å². The lowest BCUT2D eigenvalue weighted by atomic mass is 9.74. The van der Waals surface area contributed by atoms with E-state index in [1.54, 1.807) is 0 Å². The number of pyridine rings is 1. The van der Waals surface area contributed by atoms with Gasteiger partial charge in [0, 0.05) is 67.2 Å². The number of alkyl halides is 1. The highest BCUT2D eigenvalue weighted by Gasteiger charge is 2.55. The Morgan fingerprint density at radius 2 is 1.78 bits per heavy atom. The number of hydrogen-bond donors (Lipinski definition) is 1. The smallest absolute Gasteiger partial charge is 0.319 e. The highest BCUT2D eigenvalue weighted by Crippen LogP contribution is 2.49. The summed E-state index contributed by atoms with van der Waals surface area (Å²) in [4.78, 5) is 21.2. The van der Waals surface area contributed by atoms with Gasteiger partial charge >= 0.3 is 6.01 Å². The number of methoxy groups -OCH3 is 1. The number of piperazine rings is 1. The van der Waals surface area contributed by atoms with Crippen molar-refractivity contribution >= 4 is 27.5 Å². The van der Waals surface area contributed by atoms with Crippen LogP contribution >= 0.6 is 0 Å². The summed E-state index contributed by atoms with van der Waals surface area (Å²) in [5, 5.41) is 11.6. The lowest BCUT2D eigenvalue weighted by molar-refractivity contribution is -0.126. The molecular formula is C37H37F3N6O3. The largest absolute Gasteiger partial charge is 0.508 e. The fourth-order valence-corrected chi connectivity index (χ4v) is 8.68. The van der Waals surface area contributed by atoms with Gasteiger partial charge in [-0.25, -0.2) is 18.2 Å². The number of anilines is 1. The molecule has 5 aliphatic rings. The summed E-state index contributed by atoms with van der Waals surface area (Å²) in [5.74, 6) is 1.39. The van der Waals surface area contributed by atoms with E-state index in [1.807, 2.05) is 0 Å². The lowest BCUT2D eigenvalue weighted by Crippen LogP contribution is -2.77. The summed E-state index contributed by atoms with van der Waals surface area (Å²) in [6.45, 7) is 4.06. The third-order valence-electron chi connectivity index (χ3n) is 11.4. The van der Waals surface area contributed by atoms with Crippen molar-refractivity contribution in [2.45, 2.75) is 62.8 Å². The summed E-state index contributed by atoms with van der Waals surface area (Å²) in [5.41, 5.74) is -0.281. The number of fused-ring (bicyclic) bond motifs is 2. The molecule has 1 saturated carbocycles. The molecule has 4 saturated heterocycles. The molecule has 1 N–H and O–H groups in total. The van der Waals surface area contributed by atoms with E-state index in [2.05, 4.69) is 30.6 Å². The van der Waals surface area contributed by atoms with Crippen LogP contribution in [0.15, 0.2) is 24.3 Å². The van der Waals surface area contributed by atoms with Crippen molar-refractivity contribution in [2.24, 2.45) is 5.41 Å². The molecule has 0 bridgehead atoms. The molecule has 6 heterocycles. The van der Waals surface area contributed by atoms with Gasteiger partial charge in [-0.05, 0) is 62.1 Å². The molecule has 4 aliphatic heterocycles. The second-order valence-electron chi connectivity index (χ2n) is 14.5. The minimum Gasteiger partial charge on any atom is -0.508 e. The first-order chi connectivity index (χ1) is 23.7. The number of likely N-dealkylation sites (tertiary alicyclic amines) is 1. The van der Waals surface area contributed by atoms with Crippen molar-refractivity contribution < 1.29 is 27.8 Å². The number of halogens is 3. The van der Waals surface area contributed by atoms with Gasteiger partial charge in [-0.15, -0.1) is 6.42 Å². The van der Waals surface area contributed by atoms with Gasteiger partial charge in [0.15, 0.2) is 5.82 Å². The number of aromatic hydroxyl groups is 1. The second-order valence-corrected chi connectivity index (χ2v) is 14.5. The third-order valence-corrected chi connectivity index (χ3v) is 11.4. The van der Waals surface area contributed by atoms with Crippen LogP contribution in [0.1, 0.15) is 44.1 Å². The summed E-state index contributed by atoms with van der Waals surface area (Å²) in [6.07, 6.45) is 10.3. The van der Waals surface area contributed by atoms with E-state index in [1.165, 1.54) is 31.4 Å². The van der Waals surface area contributed by atoms with Crippen LogP contribution in [0.25, 0.3) is 32.9 Å². The highest BCUT2D eigenvalue weighted by molar-refractivity contribution is 6.04. The van der Waals surface area contributed by atoms with Crippen molar-refractivity contribution in [3.63, 3.8) is 0 Å². The van der Waals surface area contributed by atoms with E-state index in [4.69, 9.17) is 20.9 Å². The summed E-state index contributed by atoms with van der Waals surface area (Å²) < 4.78 is 58.0. The van der Waals surface area contributed by atoms with E-state index >= 15 is 4.39 Å². The predicted octanol–water partition coefficient (Wildman–Crippen LogP) is 5.45. The van der Waals surface area contributed by atoms with Crippen LogP contribution in [0.4, 0.5) is 19.0 Å². The minimum absolute atomic E-state index is 0.0469. The number of phenolic OH excluding ortho intramolecular Hbond substituents is 1. The molecule has 5 fully saturated rings. The predicted molar refractivity (Wildman–Crippen MR) is 179 cm³/mol. The number of aromatic nitrogens is 3. The van der Waals surface area contributed by atoms with Gasteiger partial charge in [-0.2, -0.15) is 9.97 Å². The number of hydrogen-bond acceptors (Lipinski definition) is 9. The highest BCUT2D eigenvalue weighted by atomic mass is 19.1. The number of piperidine rings is 2. The van der Waals surface area contributed by atoms with E-state index in [0.717, 1.165) is 58.4 Å². The standard InChI is InChI=1S/C37H37F3N6O3/c1-3-26-28(39)5-4-20-12-25(47)15-27(29(20)26)32-31(40)33-30(35(41-32)48-2)34(45-16-23-13-22-14-24(17-45)46(22)23)43-36(42-33)49-19-37(8-9-37)18-44-10-6-21(38)7-11-44/h1,4-5,12,15,21-24,47H,6-11,13-14,16-19H2,2H3. The van der Waals surface area contributed by atoms with Crippen LogP contribution < -0.4 is 14.4 Å². The monoisotopic (exact) mass is 670 g/mol. The van der Waals surface area contributed by atoms with Crippen molar-refractivity contribution in [3.05, 3.63) is 41.5 Å². The molecule has 1 aliphatic carbocycles. The maximum atomic E-state index is 17.1. The van der Waals surface area contributed by atoms with E-state index in [-0.39, 0.29) is 50.8 Å². The van der Waals surface area contributed by atoms with Gasteiger partial charge in [0.1, 0.15) is 40.2 Å². The molecule has 4 aromatic rings. The Hall–Kier alpha value is -4.34. The molecule has 0 radical (unpaired) electrons. The van der Waals surface area contributed by atoms with Gasteiger partial charge in [-0.1, -0.05) is 12.0 Å². The van der Waals surface area contributed by atoms with Crippen molar-refractivity contribution in [1.82, 2.24) is 24.8 Å². The Labute approximate surface area is 282 Å². The van der Waals surface area contributed by atoms with Gasteiger partial charge in [-0.3, -0.25) is 4.90 Å². The zero-order chi connectivity index (χ0) is 33.6. The number of nitrogens with zero attached hydrogens (tertiary/aromatic N) is 6. The Morgan fingerprint density at radius 3 is 2.45 bits per heavy atom. The minimum atomic E-state index is -0.787. The Morgan fingerprint density at radius 1 is 1.02 bits per heavy atom. The third kappa shape index (κ3) is 5.04. The topological polar surface area (TPSA) is 87.1 Å². The quantitative estimate of drug-likeness (QED) is 0.246. The van der Waals surface area contributed by atoms with Crippen molar-refractivity contribution in [2.75, 3.05) is 51.3 Å². The fourth-order valence-electron chi connectivity index (χ4n) is 8.68. The molecule has 2 aromatic carbocycles. The molecule has 0 amide bonds. The van der Waals surface area contributed by atoms with Crippen LogP contribution in [0.5, 0.6) is 17.6 Å². The first kappa shape index (κ1) is 30.7. The van der Waals surface area contributed by atoms with Crippen LogP contribution in [0.3, 0.4) is 0 Å². The number of rotatable bonds is 8. The molecule has 49 heavy (non-hydrogen) atoms. The van der Waals surface area contributed by atoms with Crippen LogP contribution in [0, 0.1) is 29.4 Å². The average molecular weight is 671 g/mol. The maximum absolute atomic E-state index is 17.1. The second kappa shape index (κ2) is 11.4. The maximum Gasteiger partial charge on any atom is 0.319 e. The van der Waals surface area contributed by atoms with Crippen LogP contribution in [0.2, 0.25) is 0 Å². The fraction of sp³-hybridized carbons (Fsp3) is 0.486. The lowest BCUT2D eigenvalue weighted by Gasteiger charge is -2.66. The molecule has 0 spiro atoms. The van der Waals surface area contributed by atoms with Gasteiger partial charge in [0.2, 0.25) is 5.88 Å². The molecule has 2 unspecified atom stereocenters. The summed E-state index contributed by atoms with van der Waals surface area (Å²) in [6, 6.07) is 6.97.